The van der Waals surface area contributed by atoms with E-state index in [4.69, 9.17) is 5.26 Å². The Kier molecular flexibility index (Phi) is 2.78. The van der Waals surface area contributed by atoms with E-state index in [0.29, 0.717) is 6.42 Å². The van der Waals surface area contributed by atoms with E-state index in [1.807, 2.05) is 12.1 Å². The van der Waals surface area contributed by atoms with E-state index < -0.39 is 0 Å². The van der Waals surface area contributed by atoms with E-state index in [0.717, 1.165) is 6.54 Å². The zero-order valence-electron chi connectivity index (χ0n) is 10.0. The van der Waals surface area contributed by atoms with E-state index in [2.05, 4.69) is 54.7 Å². The molecule has 1 aliphatic heterocycles. The van der Waals surface area contributed by atoms with Crippen LogP contribution in [-0.4, -0.2) is 14.0 Å². The molecule has 1 radical (unpaired) electrons. The summed E-state index contributed by atoms with van der Waals surface area (Å²) in [6.45, 7) is 0.738. The first-order valence-corrected chi connectivity index (χ1v) is 6.07. The summed E-state index contributed by atoms with van der Waals surface area (Å²) in [5.41, 5.74) is 4.91. The van der Waals surface area contributed by atoms with Gasteiger partial charge in [0.1, 0.15) is 0 Å². The maximum atomic E-state index is 8.75. The molecule has 0 saturated carbocycles. The molecule has 0 N–H and O–H groups in total. The van der Waals surface area contributed by atoms with Crippen molar-refractivity contribution in [2.45, 2.75) is 6.42 Å². The molecule has 0 amide bonds. The molecule has 0 unspecified atom stereocenters. The molecule has 0 aliphatic carbocycles. The van der Waals surface area contributed by atoms with Gasteiger partial charge in [-0.15, -0.1) is 0 Å². The van der Waals surface area contributed by atoms with Gasteiger partial charge in [0.25, 0.3) is 7.41 Å². The van der Waals surface area contributed by atoms with E-state index in [9.17, 15) is 0 Å². The van der Waals surface area contributed by atoms with Gasteiger partial charge in [0.05, 0.1) is 12.5 Å². The van der Waals surface area contributed by atoms with Gasteiger partial charge in [0.15, 0.2) is 0 Å². The van der Waals surface area contributed by atoms with Crippen LogP contribution in [0.25, 0.3) is 11.1 Å². The maximum Gasteiger partial charge on any atom is 0.285 e. The summed E-state index contributed by atoms with van der Waals surface area (Å²) >= 11 is 0. The number of anilines is 1. The summed E-state index contributed by atoms with van der Waals surface area (Å²) < 4.78 is 0. The van der Waals surface area contributed by atoms with Crippen LogP contribution in [0.5, 0.6) is 0 Å². The molecule has 0 saturated heterocycles. The minimum Gasteiger partial charge on any atom is -0.413 e. The van der Waals surface area contributed by atoms with Crippen LogP contribution in [0.2, 0.25) is 0 Å². The Labute approximate surface area is 108 Å². The summed E-state index contributed by atoms with van der Waals surface area (Å²) in [4.78, 5) is 2.17. The van der Waals surface area contributed by atoms with Crippen LogP contribution >= 0.6 is 0 Å². The molecule has 3 rings (SSSR count). The first-order chi connectivity index (χ1) is 8.90. The smallest absolute Gasteiger partial charge is 0.285 e. The first kappa shape index (κ1) is 10.9. The standard InChI is InChI=1S/C15H12BN2/c17-10-5-11-18-15-9-4-2-7-13(15)12-6-1-3-8-14(12)16-18/h1-4,6-9H,5,11H2. The van der Waals surface area contributed by atoms with Gasteiger partial charge >= 0.3 is 0 Å². The average molecular weight is 231 g/mol. The van der Waals surface area contributed by atoms with Crippen molar-refractivity contribution in [3.8, 4) is 17.2 Å². The monoisotopic (exact) mass is 231 g/mol. The van der Waals surface area contributed by atoms with Crippen molar-refractivity contribution in [2.75, 3.05) is 11.4 Å². The van der Waals surface area contributed by atoms with Gasteiger partial charge in [0, 0.05) is 17.8 Å². The summed E-state index contributed by atoms with van der Waals surface area (Å²) in [6, 6.07) is 18.9. The Bertz CT molecular complexity index is 616. The minimum atomic E-state index is 0.535. The van der Waals surface area contributed by atoms with E-state index in [1.54, 1.807) is 0 Å². The van der Waals surface area contributed by atoms with Crippen molar-refractivity contribution in [3.63, 3.8) is 0 Å². The van der Waals surface area contributed by atoms with E-state index >= 15 is 0 Å². The van der Waals surface area contributed by atoms with Crippen LogP contribution in [-0.2, 0) is 0 Å². The van der Waals surface area contributed by atoms with Crippen LogP contribution in [0.3, 0.4) is 0 Å². The van der Waals surface area contributed by atoms with Crippen LogP contribution in [0, 0.1) is 11.3 Å². The number of para-hydroxylation sites is 1. The van der Waals surface area contributed by atoms with Crippen molar-refractivity contribution in [2.24, 2.45) is 0 Å². The molecule has 2 aromatic rings. The molecule has 2 aromatic carbocycles. The molecule has 2 nitrogen and oxygen atoms in total. The van der Waals surface area contributed by atoms with Crippen LogP contribution in [0.1, 0.15) is 6.42 Å². The molecule has 0 aromatic heterocycles. The van der Waals surface area contributed by atoms with Gasteiger partial charge in [-0.05, 0) is 11.6 Å². The molecular weight excluding hydrogens is 219 g/mol. The molecule has 85 valence electrons. The Morgan fingerprint density at radius 3 is 2.56 bits per heavy atom. The van der Waals surface area contributed by atoms with Gasteiger partial charge < -0.3 is 4.81 Å². The number of fused-ring (bicyclic) bond motifs is 3. The third-order valence-corrected chi connectivity index (χ3v) is 3.22. The van der Waals surface area contributed by atoms with E-state index in [1.165, 1.54) is 22.3 Å². The SMILES string of the molecule is N#CCCN1[B]c2ccccc2-c2ccccc21. The summed E-state index contributed by atoms with van der Waals surface area (Å²) in [5.74, 6) is 0. The fourth-order valence-electron chi connectivity index (χ4n) is 2.40. The molecule has 18 heavy (non-hydrogen) atoms. The van der Waals surface area contributed by atoms with Gasteiger partial charge in [-0.2, -0.15) is 5.26 Å². The second-order valence-corrected chi connectivity index (χ2v) is 4.34. The minimum absolute atomic E-state index is 0.535. The predicted octanol–water partition coefficient (Wildman–Crippen LogP) is 2.33. The van der Waals surface area contributed by atoms with Gasteiger partial charge in [-0.25, -0.2) is 0 Å². The Balaban J connectivity index is 2.09. The molecule has 3 heteroatoms. The molecular formula is C15H12BN2. The Hall–Kier alpha value is -2.21. The van der Waals surface area contributed by atoms with E-state index in [-0.39, 0.29) is 0 Å². The number of hydrogen-bond donors (Lipinski definition) is 0. The molecule has 0 fully saturated rings. The summed E-state index contributed by atoms with van der Waals surface area (Å²) in [5, 5.41) is 8.75. The largest absolute Gasteiger partial charge is 0.413 e. The fourth-order valence-corrected chi connectivity index (χ4v) is 2.40. The molecule has 0 bridgehead atoms. The van der Waals surface area contributed by atoms with Gasteiger partial charge in [-0.1, -0.05) is 47.9 Å². The quantitative estimate of drug-likeness (QED) is 0.741. The van der Waals surface area contributed by atoms with Gasteiger partial charge in [-0.3, -0.25) is 0 Å². The normalized spacial score (nSPS) is 12.1. The lowest BCUT2D eigenvalue weighted by atomic mass is 9.71. The van der Waals surface area contributed by atoms with Crippen LogP contribution in [0.15, 0.2) is 48.5 Å². The molecule has 0 atom stereocenters. The van der Waals surface area contributed by atoms with Crippen molar-refractivity contribution in [1.29, 1.82) is 5.26 Å². The Morgan fingerprint density at radius 2 is 1.72 bits per heavy atom. The Morgan fingerprint density at radius 1 is 1.00 bits per heavy atom. The van der Waals surface area contributed by atoms with Crippen molar-refractivity contribution < 1.29 is 0 Å². The predicted molar refractivity (Wildman–Crippen MR) is 74.8 cm³/mol. The number of rotatable bonds is 2. The van der Waals surface area contributed by atoms with Crippen molar-refractivity contribution >= 4 is 18.6 Å². The summed E-state index contributed by atoms with van der Waals surface area (Å²) in [7, 11) is 2.13. The first-order valence-electron chi connectivity index (χ1n) is 6.07. The third kappa shape index (κ3) is 1.76. The second kappa shape index (κ2) is 4.58. The highest BCUT2D eigenvalue weighted by Gasteiger charge is 2.21. The zero-order chi connectivity index (χ0) is 12.4. The average Bonchev–Trinajstić information content (AvgIpc) is 2.45. The lowest BCUT2D eigenvalue weighted by Gasteiger charge is -2.31. The highest BCUT2D eigenvalue weighted by molar-refractivity contribution is 6.61. The highest BCUT2D eigenvalue weighted by atomic mass is 15.1. The second-order valence-electron chi connectivity index (χ2n) is 4.34. The molecule has 1 heterocycles. The molecule has 1 aliphatic rings. The fraction of sp³-hybridized carbons (Fsp3) is 0.133. The van der Waals surface area contributed by atoms with Crippen molar-refractivity contribution in [1.82, 2.24) is 0 Å². The molecule has 0 spiro atoms. The van der Waals surface area contributed by atoms with Crippen LogP contribution < -0.4 is 10.3 Å². The topological polar surface area (TPSA) is 27.0 Å². The lowest BCUT2D eigenvalue weighted by Crippen LogP contribution is -2.40. The summed E-state index contributed by atoms with van der Waals surface area (Å²) in [6.07, 6.45) is 0.535. The number of nitrogens with zero attached hydrogens (tertiary/aromatic N) is 2. The van der Waals surface area contributed by atoms with Gasteiger partial charge in [0.2, 0.25) is 0 Å². The maximum absolute atomic E-state index is 8.75. The lowest BCUT2D eigenvalue weighted by molar-refractivity contribution is 0.993. The third-order valence-electron chi connectivity index (χ3n) is 3.22. The highest BCUT2D eigenvalue weighted by Crippen LogP contribution is 2.32. The number of nitriles is 1. The van der Waals surface area contributed by atoms with Crippen LogP contribution in [0.4, 0.5) is 5.69 Å². The zero-order valence-corrected chi connectivity index (χ0v) is 10.0. The number of hydrogen-bond acceptors (Lipinski definition) is 2. The van der Waals surface area contributed by atoms with Crippen molar-refractivity contribution in [3.05, 3.63) is 48.5 Å². The number of benzene rings is 2.